The summed E-state index contributed by atoms with van der Waals surface area (Å²) in [6.07, 6.45) is 0. The number of anilines is 1. The second kappa shape index (κ2) is 4.01. The summed E-state index contributed by atoms with van der Waals surface area (Å²) >= 11 is 1.53. The third kappa shape index (κ3) is 1.77. The maximum atomic E-state index is 5.69. The zero-order chi connectivity index (χ0) is 11.0. The Hall–Kier alpha value is -1.17. The van der Waals surface area contributed by atoms with Gasteiger partial charge in [-0.1, -0.05) is 17.4 Å². The number of morpholine rings is 1. The van der Waals surface area contributed by atoms with E-state index in [4.69, 9.17) is 10.5 Å². The van der Waals surface area contributed by atoms with Crippen molar-refractivity contribution in [2.45, 2.75) is 6.04 Å². The number of aromatic nitrogens is 1. The summed E-state index contributed by atoms with van der Waals surface area (Å²) in [4.78, 5) is 4.24. The summed E-state index contributed by atoms with van der Waals surface area (Å²) in [7, 11) is 0. The lowest BCUT2D eigenvalue weighted by Crippen LogP contribution is -2.34. The second-order valence-corrected chi connectivity index (χ2v) is 4.92. The molecule has 0 radical (unpaired) electrons. The van der Waals surface area contributed by atoms with Gasteiger partial charge in [-0.2, -0.15) is 0 Å². The number of nitrogens with zero attached hydrogens (tertiary/aromatic N) is 1. The SMILES string of the molecule is Nc1nc2ccc(C3COCCN3)cc2s1. The molecule has 4 nitrogen and oxygen atoms in total. The van der Waals surface area contributed by atoms with Crippen LogP contribution in [-0.2, 0) is 4.74 Å². The first-order valence-corrected chi connectivity index (χ1v) is 6.12. The molecule has 0 bridgehead atoms. The Morgan fingerprint density at radius 1 is 1.50 bits per heavy atom. The molecule has 1 unspecified atom stereocenters. The molecule has 0 saturated carbocycles. The first kappa shape index (κ1) is 10.0. The van der Waals surface area contributed by atoms with Gasteiger partial charge in [0, 0.05) is 6.54 Å². The van der Waals surface area contributed by atoms with E-state index in [2.05, 4.69) is 22.4 Å². The van der Waals surface area contributed by atoms with Gasteiger partial charge in [0.15, 0.2) is 5.13 Å². The number of benzene rings is 1. The van der Waals surface area contributed by atoms with Crippen LogP contribution in [0.25, 0.3) is 10.2 Å². The predicted molar refractivity (Wildman–Crippen MR) is 65.6 cm³/mol. The second-order valence-electron chi connectivity index (χ2n) is 3.86. The van der Waals surface area contributed by atoms with Gasteiger partial charge in [0.1, 0.15) is 0 Å². The van der Waals surface area contributed by atoms with Crippen molar-refractivity contribution in [3.8, 4) is 0 Å². The highest BCUT2D eigenvalue weighted by Gasteiger charge is 2.15. The van der Waals surface area contributed by atoms with Crippen LogP contribution in [0.3, 0.4) is 0 Å². The van der Waals surface area contributed by atoms with E-state index in [1.807, 2.05) is 6.07 Å². The highest BCUT2D eigenvalue weighted by Crippen LogP contribution is 2.27. The molecule has 3 rings (SSSR count). The van der Waals surface area contributed by atoms with Crippen molar-refractivity contribution in [2.75, 3.05) is 25.5 Å². The van der Waals surface area contributed by atoms with Crippen LogP contribution >= 0.6 is 11.3 Å². The largest absolute Gasteiger partial charge is 0.378 e. The van der Waals surface area contributed by atoms with Gasteiger partial charge in [-0.3, -0.25) is 0 Å². The third-order valence-corrected chi connectivity index (χ3v) is 3.60. The van der Waals surface area contributed by atoms with Gasteiger partial charge >= 0.3 is 0 Å². The van der Waals surface area contributed by atoms with Crippen LogP contribution in [0.5, 0.6) is 0 Å². The minimum absolute atomic E-state index is 0.293. The number of hydrogen-bond acceptors (Lipinski definition) is 5. The smallest absolute Gasteiger partial charge is 0.181 e. The Kier molecular flexibility index (Phi) is 2.51. The lowest BCUT2D eigenvalue weighted by Gasteiger charge is -2.24. The Balaban J connectivity index is 1.97. The average Bonchev–Trinajstić information content (AvgIpc) is 2.69. The fraction of sp³-hybridized carbons (Fsp3) is 0.364. The lowest BCUT2D eigenvalue weighted by molar-refractivity contribution is 0.0769. The highest BCUT2D eigenvalue weighted by atomic mass is 32.1. The Bertz CT molecular complexity index is 505. The number of nitrogens with one attached hydrogen (secondary N) is 1. The van der Waals surface area contributed by atoms with Crippen LogP contribution < -0.4 is 11.1 Å². The van der Waals surface area contributed by atoms with Crippen molar-refractivity contribution in [1.29, 1.82) is 0 Å². The molecule has 3 N–H and O–H groups in total. The number of nitrogens with two attached hydrogens (primary N) is 1. The monoisotopic (exact) mass is 235 g/mol. The number of ether oxygens (including phenoxy) is 1. The Labute approximate surface area is 97.4 Å². The summed E-state index contributed by atoms with van der Waals surface area (Å²) in [6, 6.07) is 6.55. The molecule has 16 heavy (non-hydrogen) atoms. The normalized spacial score (nSPS) is 21.4. The molecule has 5 heteroatoms. The molecule has 2 heterocycles. The first-order chi connectivity index (χ1) is 7.83. The van der Waals surface area contributed by atoms with E-state index in [0.717, 1.165) is 30.0 Å². The highest BCUT2D eigenvalue weighted by molar-refractivity contribution is 7.22. The number of fused-ring (bicyclic) bond motifs is 1. The molecule has 1 aromatic heterocycles. The van der Waals surface area contributed by atoms with E-state index in [-0.39, 0.29) is 0 Å². The fourth-order valence-corrected chi connectivity index (χ4v) is 2.74. The van der Waals surface area contributed by atoms with Crippen molar-refractivity contribution in [3.63, 3.8) is 0 Å². The van der Waals surface area contributed by atoms with Crippen LogP contribution in [0.2, 0.25) is 0 Å². The molecule has 0 amide bonds. The summed E-state index contributed by atoms with van der Waals surface area (Å²) < 4.78 is 6.60. The molecule has 1 aliphatic heterocycles. The summed E-state index contributed by atoms with van der Waals surface area (Å²) in [5.74, 6) is 0. The van der Waals surface area contributed by atoms with Crippen molar-refractivity contribution < 1.29 is 4.74 Å². The van der Waals surface area contributed by atoms with Gasteiger partial charge in [-0.25, -0.2) is 4.98 Å². The topological polar surface area (TPSA) is 60.2 Å². The van der Waals surface area contributed by atoms with Crippen molar-refractivity contribution in [3.05, 3.63) is 23.8 Å². The standard InChI is InChI=1S/C11H13N3OS/c12-11-14-8-2-1-7(5-10(8)16-11)9-6-15-4-3-13-9/h1-2,5,9,13H,3-4,6H2,(H2,12,14). The first-order valence-electron chi connectivity index (χ1n) is 5.30. The van der Waals surface area contributed by atoms with E-state index in [9.17, 15) is 0 Å². The number of nitrogen functional groups attached to an aromatic ring is 1. The van der Waals surface area contributed by atoms with Crippen LogP contribution in [0, 0.1) is 0 Å². The van der Waals surface area contributed by atoms with Gasteiger partial charge in [-0.15, -0.1) is 0 Å². The molecular weight excluding hydrogens is 222 g/mol. The minimum Gasteiger partial charge on any atom is -0.378 e. The van der Waals surface area contributed by atoms with Crippen LogP contribution in [-0.4, -0.2) is 24.7 Å². The number of hydrogen-bond donors (Lipinski definition) is 2. The van der Waals surface area contributed by atoms with Crippen molar-refractivity contribution in [1.82, 2.24) is 10.3 Å². The molecule has 0 aliphatic carbocycles. The molecule has 84 valence electrons. The third-order valence-electron chi connectivity index (χ3n) is 2.75. The molecule has 1 aliphatic rings. The molecular formula is C11H13N3OS. The fourth-order valence-electron chi connectivity index (χ4n) is 1.96. The zero-order valence-electron chi connectivity index (χ0n) is 8.77. The Morgan fingerprint density at radius 3 is 3.25 bits per heavy atom. The average molecular weight is 235 g/mol. The van der Waals surface area contributed by atoms with E-state index < -0.39 is 0 Å². The van der Waals surface area contributed by atoms with Crippen molar-refractivity contribution >= 4 is 26.7 Å². The molecule has 0 spiro atoms. The van der Waals surface area contributed by atoms with Crippen LogP contribution in [0.4, 0.5) is 5.13 Å². The number of rotatable bonds is 1. The molecule has 2 aromatic rings. The maximum absolute atomic E-state index is 5.69. The van der Waals surface area contributed by atoms with Crippen LogP contribution in [0.1, 0.15) is 11.6 Å². The van der Waals surface area contributed by atoms with E-state index in [1.165, 1.54) is 16.9 Å². The zero-order valence-corrected chi connectivity index (χ0v) is 9.59. The van der Waals surface area contributed by atoms with E-state index >= 15 is 0 Å². The molecule has 1 atom stereocenters. The van der Waals surface area contributed by atoms with E-state index in [0.29, 0.717) is 11.2 Å². The van der Waals surface area contributed by atoms with Crippen LogP contribution in [0.15, 0.2) is 18.2 Å². The molecule has 1 saturated heterocycles. The summed E-state index contributed by atoms with van der Waals surface area (Å²) in [5, 5.41) is 4.06. The lowest BCUT2D eigenvalue weighted by atomic mass is 10.1. The van der Waals surface area contributed by atoms with Crippen molar-refractivity contribution in [2.24, 2.45) is 0 Å². The predicted octanol–water partition coefficient (Wildman–Crippen LogP) is 1.54. The van der Waals surface area contributed by atoms with E-state index in [1.54, 1.807) is 0 Å². The summed E-state index contributed by atoms with van der Waals surface area (Å²) in [6.45, 7) is 2.44. The number of thiazole rings is 1. The van der Waals surface area contributed by atoms with Gasteiger partial charge in [0.25, 0.3) is 0 Å². The molecule has 1 fully saturated rings. The van der Waals surface area contributed by atoms with Gasteiger partial charge in [-0.05, 0) is 17.7 Å². The van der Waals surface area contributed by atoms with Gasteiger partial charge in [0.2, 0.25) is 0 Å². The molecule has 1 aromatic carbocycles. The maximum Gasteiger partial charge on any atom is 0.181 e. The summed E-state index contributed by atoms with van der Waals surface area (Å²) in [5.41, 5.74) is 7.91. The quantitative estimate of drug-likeness (QED) is 0.787. The van der Waals surface area contributed by atoms with Gasteiger partial charge < -0.3 is 15.8 Å². The van der Waals surface area contributed by atoms with Gasteiger partial charge in [0.05, 0.1) is 29.5 Å². The minimum atomic E-state index is 0.293. The Morgan fingerprint density at radius 2 is 2.44 bits per heavy atom.